The Morgan fingerprint density at radius 3 is 3.07 bits per heavy atom. The molecule has 0 saturated heterocycles. The monoisotopic (exact) mass is 205 g/mol. The van der Waals surface area contributed by atoms with Crippen LogP contribution in [0.3, 0.4) is 0 Å². The van der Waals surface area contributed by atoms with Crippen LogP contribution in [0.5, 0.6) is 0 Å². The minimum atomic E-state index is 0.536. The molecule has 3 nitrogen and oxygen atoms in total. The van der Waals surface area contributed by atoms with Crippen molar-refractivity contribution in [2.45, 2.75) is 45.6 Å². The fourth-order valence-electron chi connectivity index (χ4n) is 2.71. The fraction of sp³-hybridized carbons (Fsp3) is 0.750. The Bertz CT molecular complexity index is 376. The third-order valence-corrected chi connectivity index (χ3v) is 4.10. The summed E-state index contributed by atoms with van der Waals surface area (Å²) in [5.41, 5.74) is 1.90. The number of hydrogen-bond donors (Lipinski definition) is 1. The number of nitrogens with zero attached hydrogens (tertiary/aromatic N) is 2. The molecule has 0 amide bonds. The van der Waals surface area contributed by atoms with Crippen LogP contribution in [-0.4, -0.2) is 16.3 Å². The van der Waals surface area contributed by atoms with E-state index in [0.717, 1.165) is 13.0 Å². The van der Waals surface area contributed by atoms with E-state index in [4.69, 9.17) is 0 Å². The van der Waals surface area contributed by atoms with Crippen LogP contribution in [-0.2, 0) is 6.42 Å². The third kappa shape index (κ3) is 1.29. The zero-order valence-electron chi connectivity index (χ0n) is 9.58. The second-order valence-electron chi connectivity index (χ2n) is 5.20. The largest absolute Gasteiger partial charge is 0.370 e. The van der Waals surface area contributed by atoms with Gasteiger partial charge in [-0.15, -0.1) is 0 Å². The zero-order valence-corrected chi connectivity index (χ0v) is 9.58. The highest BCUT2D eigenvalue weighted by Crippen LogP contribution is 2.56. The molecule has 1 atom stereocenters. The summed E-state index contributed by atoms with van der Waals surface area (Å²) in [7, 11) is 0. The van der Waals surface area contributed by atoms with E-state index in [9.17, 15) is 0 Å². The highest BCUT2D eigenvalue weighted by atomic mass is 15.4. The number of aromatic nitrogens is 2. The maximum absolute atomic E-state index is 4.57. The average Bonchev–Trinajstić information content (AvgIpc) is 2.87. The highest BCUT2D eigenvalue weighted by molar-refractivity contribution is 5.46. The number of rotatable bonds is 2. The van der Waals surface area contributed by atoms with Gasteiger partial charge >= 0.3 is 0 Å². The molecule has 1 unspecified atom stereocenters. The number of hydrogen-bond acceptors (Lipinski definition) is 2. The molecule has 0 bridgehead atoms. The lowest BCUT2D eigenvalue weighted by Crippen LogP contribution is -2.29. The first-order valence-corrected chi connectivity index (χ1v) is 6.05. The van der Waals surface area contributed by atoms with E-state index < -0.39 is 0 Å². The van der Waals surface area contributed by atoms with Gasteiger partial charge in [-0.25, -0.2) is 4.68 Å². The summed E-state index contributed by atoms with van der Waals surface area (Å²) in [6.07, 6.45) is 7.09. The molecule has 15 heavy (non-hydrogen) atoms. The molecule has 3 rings (SSSR count). The lowest BCUT2D eigenvalue weighted by molar-refractivity contribution is 0.284. The molecule has 3 heteroatoms. The molecule has 2 aliphatic rings. The molecule has 1 aliphatic carbocycles. The van der Waals surface area contributed by atoms with Gasteiger partial charge in [-0.3, -0.25) is 0 Å². The number of fused-ring (bicyclic) bond motifs is 1. The van der Waals surface area contributed by atoms with Crippen LogP contribution < -0.4 is 5.32 Å². The van der Waals surface area contributed by atoms with Gasteiger partial charge < -0.3 is 5.32 Å². The van der Waals surface area contributed by atoms with Crippen LogP contribution >= 0.6 is 0 Å². The number of aryl methyl sites for hydroxylation is 1. The zero-order chi connectivity index (χ0) is 10.5. The molecule has 1 aliphatic heterocycles. The summed E-state index contributed by atoms with van der Waals surface area (Å²) in [5.74, 6) is 1.28. The maximum Gasteiger partial charge on any atom is 0.127 e. The van der Waals surface area contributed by atoms with E-state index in [0.29, 0.717) is 11.5 Å². The molecule has 1 saturated carbocycles. The predicted molar refractivity (Wildman–Crippen MR) is 61.1 cm³/mol. The Hall–Kier alpha value is -0.990. The van der Waals surface area contributed by atoms with E-state index in [1.165, 1.54) is 30.6 Å². The van der Waals surface area contributed by atoms with Crippen molar-refractivity contribution in [3.8, 4) is 0 Å². The lowest BCUT2D eigenvalue weighted by atomic mass is 9.94. The standard InChI is InChI=1S/C12H19N3/c1-3-9-8-14-15-10(12(2)5-6-12)4-7-13-11(9)15/h8,10,13H,3-7H2,1-2H3. The van der Waals surface area contributed by atoms with Gasteiger partial charge in [0.1, 0.15) is 5.82 Å². The van der Waals surface area contributed by atoms with Crippen molar-refractivity contribution in [2.24, 2.45) is 5.41 Å². The summed E-state index contributed by atoms with van der Waals surface area (Å²) in [6, 6.07) is 0.633. The molecular formula is C12H19N3. The van der Waals surface area contributed by atoms with Gasteiger partial charge in [-0.1, -0.05) is 13.8 Å². The van der Waals surface area contributed by atoms with Crippen molar-refractivity contribution >= 4 is 5.82 Å². The van der Waals surface area contributed by atoms with Gasteiger partial charge in [0.2, 0.25) is 0 Å². The molecule has 1 fully saturated rings. The van der Waals surface area contributed by atoms with E-state index in [1.807, 2.05) is 6.20 Å². The van der Waals surface area contributed by atoms with Crippen molar-refractivity contribution in [1.82, 2.24) is 9.78 Å². The molecule has 1 aromatic heterocycles. The first-order chi connectivity index (χ1) is 7.24. The van der Waals surface area contributed by atoms with Crippen LogP contribution in [0.1, 0.15) is 44.7 Å². The quantitative estimate of drug-likeness (QED) is 0.804. The first kappa shape index (κ1) is 9.25. The Labute approximate surface area is 90.9 Å². The maximum atomic E-state index is 4.57. The summed E-state index contributed by atoms with van der Waals surface area (Å²) in [6.45, 7) is 5.71. The van der Waals surface area contributed by atoms with Crippen molar-refractivity contribution in [1.29, 1.82) is 0 Å². The highest BCUT2D eigenvalue weighted by Gasteiger charge is 2.47. The summed E-state index contributed by atoms with van der Waals surface area (Å²) in [5, 5.41) is 8.06. The topological polar surface area (TPSA) is 29.9 Å². The molecule has 0 radical (unpaired) electrons. The Morgan fingerprint density at radius 1 is 1.60 bits per heavy atom. The van der Waals surface area contributed by atoms with Crippen molar-refractivity contribution < 1.29 is 0 Å². The first-order valence-electron chi connectivity index (χ1n) is 6.05. The smallest absolute Gasteiger partial charge is 0.127 e. The Kier molecular flexibility index (Phi) is 1.85. The Balaban J connectivity index is 2.00. The molecule has 82 valence electrons. The van der Waals surface area contributed by atoms with E-state index in [-0.39, 0.29) is 0 Å². The van der Waals surface area contributed by atoms with Crippen LogP contribution in [0.25, 0.3) is 0 Å². The summed E-state index contributed by atoms with van der Waals surface area (Å²) in [4.78, 5) is 0. The van der Waals surface area contributed by atoms with Crippen molar-refractivity contribution in [3.63, 3.8) is 0 Å². The molecule has 2 heterocycles. The van der Waals surface area contributed by atoms with Gasteiger partial charge in [-0.05, 0) is 31.1 Å². The van der Waals surface area contributed by atoms with Gasteiger partial charge in [0, 0.05) is 12.1 Å². The van der Waals surface area contributed by atoms with Crippen molar-refractivity contribution in [2.75, 3.05) is 11.9 Å². The van der Waals surface area contributed by atoms with Crippen LogP contribution in [0.15, 0.2) is 6.20 Å². The fourth-order valence-corrected chi connectivity index (χ4v) is 2.71. The molecule has 1 aromatic rings. The predicted octanol–water partition coefficient (Wildman–Crippen LogP) is 2.60. The summed E-state index contributed by atoms with van der Waals surface area (Å²) < 4.78 is 2.25. The van der Waals surface area contributed by atoms with E-state index in [1.54, 1.807) is 0 Å². The van der Waals surface area contributed by atoms with E-state index >= 15 is 0 Å². The Morgan fingerprint density at radius 2 is 2.40 bits per heavy atom. The number of nitrogens with one attached hydrogen (secondary N) is 1. The lowest BCUT2D eigenvalue weighted by Gasteiger charge is -2.31. The molecule has 1 N–H and O–H groups in total. The number of anilines is 1. The second kappa shape index (κ2) is 3.00. The van der Waals surface area contributed by atoms with Gasteiger partial charge in [0.15, 0.2) is 0 Å². The van der Waals surface area contributed by atoms with Crippen LogP contribution in [0, 0.1) is 5.41 Å². The second-order valence-corrected chi connectivity index (χ2v) is 5.20. The van der Waals surface area contributed by atoms with Gasteiger partial charge in [0.05, 0.1) is 12.2 Å². The SMILES string of the molecule is CCc1cnn2c1NCCC2C1(C)CC1. The van der Waals surface area contributed by atoms with Gasteiger partial charge in [0.25, 0.3) is 0 Å². The van der Waals surface area contributed by atoms with Gasteiger partial charge in [-0.2, -0.15) is 5.10 Å². The van der Waals surface area contributed by atoms with Crippen molar-refractivity contribution in [3.05, 3.63) is 11.8 Å². The minimum absolute atomic E-state index is 0.536. The van der Waals surface area contributed by atoms with Crippen LogP contribution in [0.4, 0.5) is 5.82 Å². The normalized spacial score (nSPS) is 26.9. The summed E-state index contributed by atoms with van der Waals surface area (Å²) >= 11 is 0. The third-order valence-electron chi connectivity index (χ3n) is 4.10. The minimum Gasteiger partial charge on any atom is -0.370 e. The van der Waals surface area contributed by atoms with Crippen LogP contribution in [0.2, 0.25) is 0 Å². The van der Waals surface area contributed by atoms with E-state index in [2.05, 4.69) is 28.9 Å². The molecule has 0 spiro atoms. The molecule has 0 aromatic carbocycles. The molecular weight excluding hydrogens is 186 g/mol. The average molecular weight is 205 g/mol.